The van der Waals surface area contributed by atoms with E-state index < -0.39 is 11.9 Å². The summed E-state index contributed by atoms with van der Waals surface area (Å²) in [7, 11) is 3.67. The lowest BCUT2D eigenvalue weighted by molar-refractivity contribution is 0.0750. The van der Waals surface area contributed by atoms with E-state index in [2.05, 4.69) is 25.6 Å². The summed E-state index contributed by atoms with van der Waals surface area (Å²) < 4.78 is 34.9. The molecule has 1 aromatic carbocycles. The van der Waals surface area contributed by atoms with Crippen molar-refractivity contribution in [3.8, 4) is 5.75 Å². The number of hydrogen-bond donors (Lipinski definition) is 2. The Morgan fingerprint density at radius 1 is 1.16 bits per heavy atom. The first-order chi connectivity index (χ1) is 17.9. The van der Waals surface area contributed by atoms with Crippen LogP contribution in [0.5, 0.6) is 5.75 Å². The Morgan fingerprint density at radius 3 is 2.73 bits per heavy atom. The smallest absolute Gasteiger partial charge is 0.259 e. The molecule has 11 heteroatoms. The van der Waals surface area contributed by atoms with Gasteiger partial charge >= 0.3 is 0 Å². The van der Waals surface area contributed by atoms with Gasteiger partial charge in [-0.3, -0.25) is 9.78 Å². The Labute approximate surface area is 214 Å². The third-order valence-corrected chi connectivity index (χ3v) is 6.08. The summed E-state index contributed by atoms with van der Waals surface area (Å²) in [6.07, 6.45) is 2.99. The summed E-state index contributed by atoms with van der Waals surface area (Å²) in [4.78, 5) is 29.6. The topological polar surface area (TPSA) is 95.5 Å². The van der Waals surface area contributed by atoms with Crippen LogP contribution in [-0.2, 0) is 6.54 Å². The molecule has 2 aromatic heterocycles. The molecule has 0 saturated carbocycles. The van der Waals surface area contributed by atoms with Crippen LogP contribution in [0.4, 0.5) is 20.5 Å². The van der Waals surface area contributed by atoms with Crippen molar-refractivity contribution in [2.24, 2.45) is 0 Å². The molecular formula is C26H31F2N7O2. The van der Waals surface area contributed by atoms with Gasteiger partial charge in [0.1, 0.15) is 34.9 Å². The lowest BCUT2D eigenvalue weighted by atomic mass is 10.1. The van der Waals surface area contributed by atoms with Crippen LogP contribution in [0, 0.1) is 11.6 Å². The van der Waals surface area contributed by atoms with Crippen LogP contribution in [0.3, 0.4) is 0 Å². The van der Waals surface area contributed by atoms with Gasteiger partial charge in [0, 0.05) is 45.4 Å². The molecule has 37 heavy (non-hydrogen) atoms. The quantitative estimate of drug-likeness (QED) is 0.428. The molecule has 1 amide bonds. The number of aromatic nitrogens is 3. The maximum absolute atomic E-state index is 15.1. The van der Waals surface area contributed by atoms with Crippen molar-refractivity contribution in [2.45, 2.75) is 26.0 Å². The molecule has 2 N–H and O–H groups in total. The van der Waals surface area contributed by atoms with Gasteiger partial charge in [-0.05, 0) is 38.2 Å². The van der Waals surface area contributed by atoms with Gasteiger partial charge in [-0.1, -0.05) is 12.1 Å². The molecule has 0 aliphatic carbocycles. The number of benzene rings is 1. The first-order valence-corrected chi connectivity index (χ1v) is 12.2. The molecule has 1 aliphatic rings. The second-order valence-corrected chi connectivity index (χ2v) is 8.76. The minimum Gasteiger partial charge on any atom is -0.484 e. The van der Waals surface area contributed by atoms with Crippen LogP contribution in [0.1, 0.15) is 41.1 Å². The van der Waals surface area contributed by atoms with E-state index in [1.54, 1.807) is 12.1 Å². The molecule has 0 radical (unpaired) electrons. The molecule has 1 atom stereocenters. The van der Waals surface area contributed by atoms with Crippen LogP contribution < -0.4 is 20.3 Å². The minimum absolute atomic E-state index is 0.0136. The highest BCUT2D eigenvalue weighted by Gasteiger charge is 2.28. The second-order valence-electron chi connectivity index (χ2n) is 8.76. The third kappa shape index (κ3) is 6.29. The molecule has 4 rings (SSSR count). The number of halogens is 2. The first-order valence-electron chi connectivity index (χ1n) is 12.2. The van der Waals surface area contributed by atoms with E-state index in [1.807, 2.05) is 25.9 Å². The molecule has 0 fully saturated rings. The first kappa shape index (κ1) is 26.2. The maximum atomic E-state index is 15.1. The zero-order chi connectivity index (χ0) is 26.4. The number of amides is 1. The summed E-state index contributed by atoms with van der Waals surface area (Å²) in [5.41, 5.74) is 1.12. The van der Waals surface area contributed by atoms with Crippen LogP contribution in [0.15, 0.2) is 42.7 Å². The van der Waals surface area contributed by atoms with Crippen LogP contribution in [0.25, 0.3) is 0 Å². The predicted molar refractivity (Wildman–Crippen MR) is 137 cm³/mol. The lowest BCUT2D eigenvalue weighted by Gasteiger charge is -2.22. The van der Waals surface area contributed by atoms with E-state index in [4.69, 9.17) is 4.74 Å². The monoisotopic (exact) mass is 511 g/mol. The third-order valence-electron chi connectivity index (χ3n) is 6.08. The van der Waals surface area contributed by atoms with Crippen molar-refractivity contribution in [3.63, 3.8) is 0 Å². The van der Waals surface area contributed by atoms with Crippen LogP contribution >= 0.6 is 0 Å². The van der Waals surface area contributed by atoms with Crippen molar-refractivity contribution in [3.05, 3.63) is 71.2 Å². The number of hydrogen-bond acceptors (Lipinski definition) is 8. The second kappa shape index (κ2) is 11.9. The molecule has 196 valence electrons. The van der Waals surface area contributed by atoms with Gasteiger partial charge in [0.2, 0.25) is 5.95 Å². The van der Waals surface area contributed by atoms with Crippen molar-refractivity contribution in [2.75, 3.05) is 50.5 Å². The Balaban J connectivity index is 1.51. The largest absolute Gasteiger partial charge is 0.484 e. The number of fused-ring (bicyclic) bond motifs is 1. The van der Waals surface area contributed by atoms with E-state index in [0.29, 0.717) is 55.5 Å². The highest BCUT2D eigenvalue weighted by atomic mass is 19.1. The standard InChI is InChI=1S/C26H31F2N7O2/c1-4-30-26-32-15-20-24(33-26)34(3)10-11-35(25(20)36)16-22-21(28)13-19(14-31-22)37-23(8-9-29-2)17-6-5-7-18(27)12-17/h5-7,12-15,23,29H,4,8-11,16H2,1-3H3,(H,30,32,33). The average Bonchev–Trinajstić information content (AvgIpc) is 3.00. The van der Waals surface area contributed by atoms with E-state index in [0.717, 1.165) is 0 Å². The normalized spacial score (nSPS) is 14.2. The Bertz CT molecular complexity index is 1240. The number of carbonyl (C=O) groups excluding carboxylic acids is 1. The summed E-state index contributed by atoms with van der Waals surface area (Å²) in [6.45, 7) is 4.10. The number of carbonyl (C=O) groups is 1. The highest BCUT2D eigenvalue weighted by Crippen LogP contribution is 2.27. The molecule has 0 bridgehead atoms. The predicted octanol–water partition coefficient (Wildman–Crippen LogP) is 3.40. The molecule has 1 unspecified atom stereocenters. The van der Waals surface area contributed by atoms with Gasteiger partial charge < -0.3 is 25.2 Å². The summed E-state index contributed by atoms with van der Waals surface area (Å²) in [5.74, 6) is -0.0452. The van der Waals surface area contributed by atoms with Gasteiger partial charge in [-0.15, -0.1) is 0 Å². The van der Waals surface area contributed by atoms with Gasteiger partial charge in [0.25, 0.3) is 5.91 Å². The van der Waals surface area contributed by atoms with Crippen LogP contribution in [-0.4, -0.2) is 66.0 Å². The molecule has 1 aliphatic heterocycles. The zero-order valence-corrected chi connectivity index (χ0v) is 21.2. The van der Waals surface area contributed by atoms with Gasteiger partial charge in [0.15, 0.2) is 0 Å². The molecule has 9 nitrogen and oxygen atoms in total. The maximum Gasteiger partial charge on any atom is 0.259 e. The van der Waals surface area contributed by atoms with Crippen molar-refractivity contribution < 1.29 is 18.3 Å². The fraction of sp³-hybridized carbons (Fsp3) is 0.385. The molecular weight excluding hydrogens is 480 g/mol. The number of pyridine rings is 1. The van der Waals surface area contributed by atoms with Crippen molar-refractivity contribution in [1.29, 1.82) is 0 Å². The minimum atomic E-state index is -0.589. The average molecular weight is 512 g/mol. The molecule has 0 spiro atoms. The van der Waals surface area contributed by atoms with Gasteiger partial charge in [-0.2, -0.15) is 4.98 Å². The fourth-order valence-corrected chi connectivity index (χ4v) is 4.11. The Kier molecular flexibility index (Phi) is 8.44. The number of nitrogens with zero attached hydrogens (tertiary/aromatic N) is 5. The summed E-state index contributed by atoms with van der Waals surface area (Å²) in [5, 5.41) is 6.09. The van der Waals surface area contributed by atoms with Gasteiger partial charge in [0.05, 0.1) is 18.4 Å². The number of anilines is 2. The van der Waals surface area contributed by atoms with Crippen LogP contribution in [0.2, 0.25) is 0 Å². The summed E-state index contributed by atoms with van der Waals surface area (Å²) in [6, 6.07) is 7.40. The Morgan fingerprint density at radius 2 is 2.00 bits per heavy atom. The molecule has 0 saturated heterocycles. The number of nitrogens with one attached hydrogen (secondary N) is 2. The lowest BCUT2D eigenvalue weighted by Crippen LogP contribution is -2.34. The van der Waals surface area contributed by atoms with E-state index in [1.165, 1.54) is 35.5 Å². The highest BCUT2D eigenvalue weighted by molar-refractivity contribution is 5.99. The Hall–Kier alpha value is -3.86. The number of likely N-dealkylation sites (N-methyl/N-ethyl adjacent to an activating group) is 1. The van der Waals surface area contributed by atoms with E-state index in [9.17, 15) is 9.18 Å². The number of rotatable bonds is 10. The SMILES string of the molecule is CCNc1ncc2c(n1)N(C)CCN(Cc1ncc(OC(CCNC)c3cccc(F)c3)cc1F)C2=O. The molecule has 3 heterocycles. The zero-order valence-electron chi connectivity index (χ0n) is 21.2. The van der Waals surface area contributed by atoms with Crippen molar-refractivity contribution >= 4 is 17.7 Å². The molecule has 3 aromatic rings. The van der Waals surface area contributed by atoms with Crippen molar-refractivity contribution in [1.82, 2.24) is 25.2 Å². The number of ether oxygens (including phenoxy) is 1. The fourth-order valence-electron chi connectivity index (χ4n) is 4.11. The van der Waals surface area contributed by atoms with E-state index >= 15 is 4.39 Å². The van der Waals surface area contributed by atoms with Gasteiger partial charge in [-0.25, -0.2) is 13.8 Å². The van der Waals surface area contributed by atoms with E-state index in [-0.39, 0.29) is 29.7 Å². The summed E-state index contributed by atoms with van der Waals surface area (Å²) >= 11 is 0.